The molecule has 0 spiro atoms. The molecule has 0 aromatic heterocycles. The predicted molar refractivity (Wildman–Crippen MR) is 89.7 cm³/mol. The summed E-state index contributed by atoms with van der Waals surface area (Å²) in [7, 11) is 0. The van der Waals surface area contributed by atoms with Crippen LogP contribution in [-0.4, -0.2) is 12.3 Å². The van der Waals surface area contributed by atoms with Gasteiger partial charge in [-0.15, -0.1) is 0 Å². The van der Waals surface area contributed by atoms with Crippen LogP contribution in [-0.2, 0) is 11.2 Å². The molecule has 0 aliphatic heterocycles. The third-order valence-corrected chi connectivity index (χ3v) is 4.13. The van der Waals surface area contributed by atoms with Gasteiger partial charge in [0.15, 0.2) is 5.78 Å². The fraction of sp³-hybridized carbons (Fsp3) is 0.250. The van der Waals surface area contributed by atoms with Gasteiger partial charge in [0.1, 0.15) is 0 Å². The molecule has 0 fully saturated rings. The Morgan fingerprint density at radius 2 is 1.59 bits per heavy atom. The van der Waals surface area contributed by atoms with Crippen molar-refractivity contribution in [2.75, 3.05) is 6.54 Å². The average Bonchev–Trinajstić information content (AvgIpc) is 2.56. The number of hydrogen-bond acceptors (Lipinski definition) is 2. The van der Waals surface area contributed by atoms with Gasteiger partial charge in [0.05, 0.1) is 0 Å². The highest BCUT2D eigenvalue weighted by atomic mass is 16.1. The zero-order chi connectivity index (χ0) is 15.2. The van der Waals surface area contributed by atoms with Crippen molar-refractivity contribution in [3.05, 3.63) is 83.6 Å². The monoisotopic (exact) mass is 291 g/mol. The molecule has 0 saturated heterocycles. The molecule has 2 nitrogen and oxygen atoms in total. The van der Waals surface area contributed by atoms with E-state index in [0.717, 1.165) is 25.1 Å². The van der Waals surface area contributed by atoms with E-state index in [1.165, 1.54) is 11.1 Å². The fourth-order valence-corrected chi connectivity index (χ4v) is 2.99. The van der Waals surface area contributed by atoms with Gasteiger partial charge < -0.3 is 5.32 Å². The minimum absolute atomic E-state index is 0.224. The summed E-state index contributed by atoms with van der Waals surface area (Å²) in [4.78, 5) is 12.0. The Hall–Kier alpha value is -2.35. The Morgan fingerprint density at radius 1 is 0.909 bits per heavy atom. The molecule has 2 aromatic rings. The largest absolute Gasteiger partial charge is 0.388 e. The van der Waals surface area contributed by atoms with Gasteiger partial charge in [-0.3, -0.25) is 4.79 Å². The molecule has 1 aliphatic carbocycles. The van der Waals surface area contributed by atoms with Gasteiger partial charge in [0, 0.05) is 24.7 Å². The van der Waals surface area contributed by atoms with E-state index in [1.807, 2.05) is 24.3 Å². The van der Waals surface area contributed by atoms with E-state index in [0.29, 0.717) is 12.3 Å². The van der Waals surface area contributed by atoms with Gasteiger partial charge in [0.2, 0.25) is 0 Å². The van der Waals surface area contributed by atoms with Crippen LogP contribution in [0.2, 0.25) is 0 Å². The van der Waals surface area contributed by atoms with Crippen molar-refractivity contribution in [3.8, 4) is 0 Å². The van der Waals surface area contributed by atoms with Crippen LogP contribution in [0.5, 0.6) is 0 Å². The van der Waals surface area contributed by atoms with E-state index < -0.39 is 0 Å². The third kappa shape index (κ3) is 3.85. The quantitative estimate of drug-likeness (QED) is 0.906. The third-order valence-electron chi connectivity index (χ3n) is 4.13. The molecule has 0 radical (unpaired) electrons. The fourth-order valence-electron chi connectivity index (χ4n) is 2.99. The van der Waals surface area contributed by atoms with Gasteiger partial charge in [-0.25, -0.2) is 0 Å². The van der Waals surface area contributed by atoms with E-state index in [2.05, 4.69) is 41.7 Å². The van der Waals surface area contributed by atoms with Crippen molar-refractivity contribution >= 4 is 5.78 Å². The second-order valence-corrected chi connectivity index (χ2v) is 5.81. The number of carbonyl (C=O) groups excluding carboxylic acids is 1. The number of hydrogen-bond donors (Lipinski definition) is 1. The Balaban J connectivity index is 1.58. The van der Waals surface area contributed by atoms with E-state index >= 15 is 0 Å². The summed E-state index contributed by atoms with van der Waals surface area (Å²) in [6, 6.07) is 20.8. The molecule has 1 aliphatic rings. The molecule has 2 heteroatoms. The first-order chi connectivity index (χ1) is 10.8. The molecule has 1 atom stereocenters. The molecule has 0 saturated carbocycles. The van der Waals surface area contributed by atoms with E-state index in [4.69, 9.17) is 0 Å². The van der Waals surface area contributed by atoms with Crippen LogP contribution in [0.4, 0.5) is 0 Å². The maximum Gasteiger partial charge on any atom is 0.158 e. The first kappa shape index (κ1) is 14.6. The molecule has 0 heterocycles. The summed E-state index contributed by atoms with van der Waals surface area (Å²) in [5, 5.41) is 3.44. The Labute approximate surface area is 131 Å². The van der Waals surface area contributed by atoms with Gasteiger partial charge in [0.25, 0.3) is 0 Å². The molecule has 112 valence electrons. The molecular weight excluding hydrogens is 270 g/mol. The topological polar surface area (TPSA) is 29.1 Å². The number of carbonyl (C=O) groups is 1. The lowest BCUT2D eigenvalue weighted by Gasteiger charge is -2.23. The number of ketones is 1. The highest BCUT2D eigenvalue weighted by Crippen LogP contribution is 2.30. The van der Waals surface area contributed by atoms with Gasteiger partial charge in [-0.2, -0.15) is 0 Å². The van der Waals surface area contributed by atoms with Crippen molar-refractivity contribution in [1.29, 1.82) is 0 Å². The minimum Gasteiger partial charge on any atom is -0.388 e. The lowest BCUT2D eigenvalue weighted by atomic mass is 9.85. The summed E-state index contributed by atoms with van der Waals surface area (Å²) < 4.78 is 0. The standard InChI is InChI=1S/C20H21NO/c22-20-14-18(17-9-5-2-6-10-17)13-19(15-20)21-12-11-16-7-3-1-4-8-16/h1-10,15,18,21H,11-14H2/t18-/m1/s1. The van der Waals surface area contributed by atoms with Crippen molar-refractivity contribution in [1.82, 2.24) is 5.32 Å². The molecule has 3 rings (SSSR count). The maximum absolute atomic E-state index is 12.0. The zero-order valence-corrected chi connectivity index (χ0v) is 12.7. The second-order valence-electron chi connectivity index (χ2n) is 5.81. The Morgan fingerprint density at radius 3 is 2.32 bits per heavy atom. The van der Waals surface area contributed by atoms with Crippen LogP contribution in [0.15, 0.2) is 72.4 Å². The molecule has 22 heavy (non-hydrogen) atoms. The van der Waals surface area contributed by atoms with Crippen LogP contribution in [0.25, 0.3) is 0 Å². The lowest BCUT2D eigenvalue weighted by Crippen LogP contribution is -2.23. The smallest absolute Gasteiger partial charge is 0.158 e. The van der Waals surface area contributed by atoms with Crippen LogP contribution < -0.4 is 5.32 Å². The van der Waals surface area contributed by atoms with E-state index in [9.17, 15) is 4.79 Å². The first-order valence-corrected chi connectivity index (χ1v) is 7.87. The summed E-state index contributed by atoms with van der Waals surface area (Å²) in [6.45, 7) is 0.866. The minimum atomic E-state index is 0.224. The van der Waals surface area contributed by atoms with Crippen molar-refractivity contribution in [3.63, 3.8) is 0 Å². The van der Waals surface area contributed by atoms with Crippen LogP contribution >= 0.6 is 0 Å². The number of allylic oxidation sites excluding steroid dienone is 2. The van der Waals surface area contributed by atoms with Gasteiger partial charge >= 0.3 is 0 Å². The van der Waals surface area contributed by atoms with Crippen LogP contribution in [0.1, 0.15) is 29.9 Å². The molecule has 0 amide bonds. The predicted octanol–water partition coefficient (Wildman–Crippen LogP) is 3.85. The molecular formula is C20H21NO. The Bertz CT molecular complexity index is 646. The summed E-state index contributed by atoms with van der Waals surface area (Å²) in [5.41, 5.74) is 3.64. The first-order valence-electron chi connectivity index (χ1n) is 7.87. The molecule has 0 bridgehead atoms. The SMILES string of the molecule is O=C1C=C(NCCc2ccccc2)C[C@@H](c2ccccc2)C1. The molecule has 2 aromatic carbocycles. The second kappa shape index (κ2) is 7.08. The average molecular weight is 291 g/mol. The van der Waals surface area contributed by atoms with Gasteiger partial charge in [-0.05, 0) is 29.9 Å². The van der Waals surface area contributed by atoms with Crippen molar-refractivity contribution in [2.45, 2.75) is 25.2 Å². The number of nitrogens with one attached hydrogen (secondary N) is 1. The van der Waals surface area contributed by atoms with Crippen molar-refractivity contribution in [2.24, 2.45) is 0 Å². The number of benzene rings is 2. The van der Waals surface area contributed by atoms with Gasteiger partial charge in [-0.1, -0.05) is 60.7 Å². The Kier molecular flexibility index (Phi) is 4.69. The highest BCUT2D eigenvalue weighted by Gasteiger charge is 2.21. The van der Waals surface area contributed by atoms with E-state index in [1.54, 1.807) is 6.08 Å². The van der Waals surface area contributed by atoms with Crippen LogP contribution in [0, 0.1) is 0 Å². The van der Waals surface area contributed by atoms with Crippen LogP contribution in [0.3, 0.4) is 0 Å². The number of rotatable bonds is 5. The summed E-state index contributed by atoms with van der Waals surface area (Å²) in [6.07, 6.45) is 4.30. The van der Waals surface area contributed by atoms with Crippen molar-refractivity contribution < 1.29 is 4.79 Å². The highest BCUT2D eigenvalue weighted by molar-refractivity contribution is 5.91. The maximum atomic E-state index is 12.0. The summed E-state index contributed by atoms with van der Waals surface area (Å²) >= 11 is 0. The molecule has 0 unspecified atom stereocenters. The zero-order valence-electron chi connectivity index (χ0n) is 12.7. The molecule has 1 N–H and O–H groups in total. The summed E-state index contributed by atoms with van der Waals surface area (Å²) in [5.74, 6) is 0.528. The normalized spacial score (nSPS) is 17.9. The lowest BCUT2D eigenvalue weighted by molar-refractivity contribution is -0.115. The van der Waals surface area contributed by atoms with E-state index in [-0.39, 0.29) is 5.78 Å².